The van der Waals surface area contributed by atoms with Crippen molar-refractivity contribution >= 4 is 0 Å². The molecule has 2 aromatic rings. The third-order valence-electron chi connectivity index (χ3n) is 2.22. The van der Waals surface area contributed by atoms with Gasteiger partial charge in [-0.15, -0.1) is 0 Å². The van der Waals surface area contributed by atoms with E-state index in [9.17, 15) is 0 Å². The molecule has 0 amide bonds. The van der Waals surface area contributed by atoms with E-state index in [0.29, 0.717) is 5.89 Å². The Kier molecular flexibility index (Phi) is 1.89. The SMILES string of the molecule is Cc1cccc(-c2n[c]co2)c1C. The number of nitrogens with zero attached hydrogens (tertiary/aromatic N) is 1. The summed E-state index contributed by atoms with van der Waals surface area (Å²) in [4.78, 5) is 4.00. The summed E-state index contributed by atoms with van der Waals surface area (Å²) in [7, 11) is 0. The van der Waals surface area contributed by atoms with Gasteiger partial charge in [0.2, 0.25) is 5.89 Å². The fraction of sp³-hybridized carbons (Fsp3) is 0.182. The largest absolute Gasteiger partial charge is 0.444 e. The van der Waals surface area contributed by atoms with Crippen molar-refractivity contribution in [1.29, 1.82) is 0 Å². The van der Waals surface area contributed by atoms with Gasteiger partial charge in [0.15, 0.2) is 0 Å². The van der Waals surface area contributed by atoms with Gasteiger partial charge >= 0.3 is 0 Å². The normalized spacial score (nSPS) is 10.3. The first-order valence-electron chi connectivity index (χ1n) is 4.17. The molecule has 0 unspecified atom stereocenters. The zero-order valence-electron chi connectivity index (χ0n) is 7.66. The van der Waals surface area contributed by atoms with Crippen molar-refractivity contribution in [3.63, 3.8) is 0 Å². The van der Waals surface area contributed by atoms with E-state index in [0.717, 1.165) is 5.56 Å². The molecule has 1 aromatic carbocycles. The van der Waals surface area contributed by atoms with E-state index in [2.05, 4.69) is 31.1 Å². The van der Waals surface area contributed by atoms with Gasteiger partial charge < -0.3 is 4.42 Å². The molecule has 0 fully saturated rings. The number of benzene rings is 1. The molecule has 1 radical (unpaired) electrons. The predicted molar refractivity (Wildman–Crippen MR) is 50.2 cm³/mol. The van der Waals surface area contributed by atoms with E-state index in [1.807, 2.05) is 12.1 Å². The summed E-state index contributed by atoms with van der Waals surface area (Å²) in [5, 5.41) is 0. The minimum absolute atomic E-state index is 0.640. The Hall–Kier alpha value is -1.57. The number of aromatic nitrogens is 1. The average Bonchev–Trinajstić information content (AvgIpc) is 2.62. The van der Waals surface area contributed by atoms with Crippen molar-refractivity contribution in [1.82, 2.24) is 4.98 Å². The van der Waals surface area contributed by atoms with Crippen LogP contribution < -0.4 is 0 Å². The molecule has 0 aliphatic carbocycles. The maximum Gasteiger partial charge on any atom is 0.226 e. The summed E-state index contributed by atoms with van der Waals surface area (Å²) in [5.41, 5.74) is 3.50. The topological polar surface area (TPSA) is 26.0 Å². The Morgan fingerprint density at radius 3 is 2.85 bits per heavy atom. The standard InChI is InChI=1S/C11H10NO/c1-8-4-3-5-10(9(8)2)11-12-6-7-13-11/h3-5,7H,1-2H3. The van der Waals surface area contributed by atoms with E-state index < -0.39 is 0 Å². The van der Waals surface area contributed by atoms with E-state index >= 15 is 0 Å². The monoisotopic (exact) mass is 172 g/mol. The lowest BCUT2D eigenvalue weighted by atomic mass is 10.0. The molecule has 1 heterocycles. The van der Waals surface area contributed by atoms with E-state index in [1.54, 1.807) is 0 Å². The van der Waals surface area contributed by atoms with Crippen LogP contribution in [0.15, 0.2) is 28.9 Å². The number of hydrogen-bond donors (Lipinski definition) is 0. The van der Waals surface area contributed by atoms with E-state index in [4.69, 9.17) is 4.42 Å². The highest BCUT2D eigenvalue weighted by Gasteiger charge is 2.06. The van der Waals surface area contributed by atoms with Crippen LogP contribution in [0.2, 0.25) is 0 Å². The van der Waals surface area contributed by atoms with Crippen molar-refractivity contribution in [3.05, 3.63) is 41.8 Å². The van der Waals surface area contributed by atoms with Gasteiger partial charge in [0, 0.05) is 5.56 Å². The van der Waals surface area contributed by atoms with Gasteiger partial charge in [-0.1, -0.05) is 12.1 Å². The lowest BCUT2D eigenvalue weighted by Gasteiger charge is -2.03. The highest BCUT2D eigenvalue weighted by atomic mass is 16.3. The van der Waals surface area contributed by atoms with E-state index in [1.165, 1.54) is 17.4 Å². The smallest absolute Gasteiger partial charge is 0.226 e. The van der Waals surface area contributed by atoms with Gasteiger partial charge in [-0.25, -0.2) is 4.98 Å². The second kappa shape index (κ2) is 3.05. The Bertz CT molecular complexity index is 404. The van der Waals surface area contributed by atoms with Crippen molar-refractivity contribution in [2.24, 2.45) is 0 Å². The highest BCUT2D eigenvalue weighted by molar-refractivity contribution is 5.59. The van der Waals surface area contributed by atoms with Crippen LogP contribution in [0.5, 0.6) is 0 Å². The average molecular weight is 172 g/mol. The van der Waals surface area contributed by atoms with Crippen molar-refractivity contribution in [2.75, 3.05) is 0 Å². The molecule has 2 heteroatoms. The zero-order valence-corrected chi connectivity index (χ0v) is 7.66. The number of aryl methyl sites for hydroxylation is 1. The molecule has 2 rings (SSSR count). The quantitative estimate of drug-likeness (QED) is 0.661. The Morgan fingerprint density at radius 1 is 1.31 bits per heavy atom. The molecule has 65 valence electrons. The van der Waals surface area contributed by atoms with Gasteiger partial charge in [-0.3, -0.25) is 0 Å². The molecule has 0 saturated carbocycles. The maximum atomic E-state index is 5.19. The molecule has 0 aliphatic rings. The summed E-state index contributed by atoms with van der Waals surface area (Å²) in [6.07, 6.45) is 4.13. The van der Waals surface area contributed by atoms with Crippen LogP contribution in [0.1, 0.15) is 11.1 Å². The van der Waals surface area contributed by atoms with Crippen LogP contribution in [-0.4, -0.2) is 4.98 Å². The first kappa shape index (κ1) is 8.05. The van der Waals surface area contributed by atoms with Crippen LogP contribution in [0, 0.1) is 20.0 Å². The fourth-order valence-electron chi connectivity index (χ4n) is 1.30. The molecule has 1 aromatic heterocycles. The molecule has 0 saturated heterocycles. The summed E-state index contributed by atoms with van der Waals surface area (Å²) in [6.45, 7) is 4.14. The van der Waals surface area contributed by atoms with Crippen LogP contribution in [0.4, 0.5) is 0 Å². The van der Waals surface area contributed by atoms with Crippen LogP contribution in [-0.2, 0) is 0 Å². The number of oxazole rings is 1. The predicted octanol–water partition coefficient (Wildman–Crippen LogP) is 2.76. The summed E-state index contributed by atoms with van der Waals surface area (Å²) < 4.78 is 5.19. The third-order valence-corrected chi connectivity index (χ3v) is 2.22. The Labute approximate surface area is 77.2 Å². The van der Waals surface area contributed by atoms with Crippen LogP contribution in [0.25, 0.3) is 11.5 Å². The summed E-state index contributed by atoms with van der Waals surface area (Å²) >= 11 is 0. The molecule has 0 aliphatic heterocycles. The first-order valence-corrected chi connectivity index (χ1v) is 4.17. The molecule has 0 spiro atoms. The summed E-state index contributed by atoms with van der Waals surface area (Å²) in [6, 6.07) is 6.08. The van der Waals surface area contributed by atoms with Crippen molar-refractivity contribution in [2.45, 2.75) is 13.8 Å². The maximum absolute atomic E-state index is 5.19. The van der Waals surface area contributed by atoms with Gasteiger partial charge in [-0.05, 0) is 31.0 Å². The minimum atomic E-state index is 0.640. The molecular weight excluding hydrogens is 162 g/mol. The second-order valence-corrected chi connectivity index (χ2v) is 3.03. The molecular formula is C11H10NO. The Morgan fingerprint density at radius 2 is 2.15 bits per heavy atom. The molecule has 0 N–H and O–H groups in total. The van der Waals surface area contributed by atoms with Crippen LogP contribution >= 0.6 is 0 Å². The van der Waals surface area contributed by atoms with Gasteiger partial charge in [-0.2, -0.15) is 0 Å². The number of hydrogen-bond acceptors (Lipinski definition) is 2. The molecule has 13 heavy (non-hydrogen) atoms. The van der Waals surface area contributed by atoms with E-state index in [-0.39, 0.29) is 0 Å². The second-order valence-electron chi connectivity index (χ2n) is 3.03. The molecule has 0 atom stereocenters. The molecule has 0 bridgehead atoms. The lowest BCUT2D eigenvalue weighted by Crippen LogP contribution is -1.86. The minimum Gasteiger partial charge on any atom is -0.444 e. The lowest BCUT2D eigenvalue weighted by molar-refractivity contribution is 0.574. The zero-order chi connectivity index (χ0) is 9.26. The Balaban J connectivity index is 2.59. The highest BCUT2D eigenvalue weighted by Crippen LogP contribution is 2.23. The van der Waals surface area contributed by atoms with Gasteiger partial charge in [0.1, 0.15) is 12.5 Å². The fourth-order valence-corrected chi connectivity index (χ4v) is 1.30. The van der Waals surface area contributed by atoms with Crippen molar-refractivity contribution < 1.29 is 4.42 Å². The number of rotatable bonds is 1. The summed E-state index contributed by atoms with van der Waals surface area (Å²) in [5.74, 6) is 0.640. The molecule has 2 nitrogen and oxygen atoms in total. The van der Waals surface area contributed by atoms with Gasteiger partial charge in [0.25, 0.3) is 0 Å². The van der Waals surface area contributed by atoms with Crippen LogP contribution in [0.3, 0.4) is 0 Å². The third kappa shape index (κ3) is 1.35. The van der Waals surface area contributed by atoms with Gasteiger partial charge in [0.05, 0.1) is 0 Å². The first-order chi connectivity index (χ1) is 6.29. The van der Waals surface area contributed by atoms with Crippen molar-refractivity contribution in [3.8, 4) is 11.5 Å².